The van der Waals surface area contributed by atoms with Crippen LogP contribution in [0.25, 0.3) is 10.8 Å². The number of aromatic nitrogens is 1. The van der Waals surface area contributed by atoms with Crippen molar-refractivity contribution in [2.75, 3.05) is 11.1 Å². The predicted molar refractivity (Wildman–Crippen MR) is 84.6 cm³/mol. The van der Waals surface area contributed by atoms with Crippen LogP contribution in [0.1, 0.15) is 18.5 Å². The molecule has 3 rings (SSSR count). The maximum atomic E-state index is 5.88. The number of fused-ring (bicyclic) bond motifs is 1. The molecule has 20 heavy (non-hydrogen) atoms. The van der Waals surface area contributed by atoms with Crippen LogP contribution < -0.4 is 11.1 Å². The number of nitrogens with two attached hydrogens (primary N) is 1. The lowest BCUT2D eigenvalue weighted by molar-refractivity contribution is 0.877. The maximum Gasteiger partial charge on any atom is 0.134 e. The Hall–Kier alpha value is -2.55. The Morgan fingerprint density at radius 3 is 2.65 bits per heavy atom. The van der Waals surface area contributed by atoms with E-state index in [-0.39, 0.29) is 6.04 Å². The molecule has 1 aromatic heterocycles. The van der Waals surface area contributed by atoms with Gasteiger partial charge in [-0.15, -0.1) is 0 Å². The zero-order chi connectivity index (χ0) is 13.9. The number of nitrogens with one attached hydrogen (secondary N) is 1. The number of anilines is 2. The van der Waals surface area contributed by atoms with Crippen molar-refractivity contribution in [3.8, 4) is 0 Å². The molecule has 0 aliphatic heterocycles. The van der Waals surface area contributed by atoms with E-state index in [9.17, 15) is 0 Å². The fourth-order valence-corrected chi connectivity index (χ4v) is 2.33. The van der Waals surface area contributed by atoms with Crippen molar-refractivity contribution in [1.82, 2.24) is 4.98 Å². The van der Waals surface area contributed by atoms with Gasteiger partial charge in [0.15, 0.2) is 0 Å². The highest BCUT2D eigenvalue weighted by atomic mass is 15.0. The number of nitrogens with zero attached hydrogens (tertiary/aromatic N) is 1. The van der Waals surface area contributed by atoms with Gasteiger partial charge in [0, 0.05) is 23.3 Å². The van der Waals surface area contributed by atoms with Crippen molar-refractivity contribution < 1.29 is 0 Å². The molecule has 0 saturated carbocycles. The number of hydrogen-bond donors (Lipinski definition) is 2. The van der Waals surface area contributed by atoms with E-state index in [1.165, 1.54) is 5.56 Å². The molecule has 3 nitrogen and oxygen atoms in total. The Balaban J connectivity index is 1.97. The fraction of sp³-hybridized carbons (Fsp3) is 0.118. The van der Waals surface area contributed by atoms with Crippen LogP contribution in [0.5, 0.6) is 0 Å². The quantitative estimate of drug-likeness (QED) is 0.702. The molecule has 0 spiro atoms. The third kappa shape index (κ3) is 2.43. The van der Waals surface area contributed by atoms with Gasteiger partial charge >= 0.3 is 0 Å². The Labute approximate surface area is 118 Å². The lowest BCUT2D eigenvalue weighted by Crippen LogP contribution is -2.08. The number of benzene rings is 2. The first-order valence-corrected chi connectivity index (χ1v) is 6.70. The van der Waals surface area contributed by atoms with Crippen LogP contribution in [0.3, 0.4) is 0 Å². The second-order valence-corrected chi connectivity index (χ2v) is 4.92. The summed E-state index contributed by atoms with van der Waals surface area (Å²) in [7, 11) is 0. The van der Waals surface area contributed by atoms with Crippen LogP contribution in [0, 0.1) is 0 Å². The van der Waals surface area contributed by atoms with Crippen LogP contribution in [-0.4, -0.2) is 4.98 Å². The molecule has 0 aliphatic carbocycles. The number of nitrogen functional groups attached to an aromatic ring is 1. The molecule has 1 unspecified atom stereocenters. The average molecular weight is 263 g/mol. The van der Waals surface area contributed by atoms with E-state index in [2.05, 4.69) is 29.4 Å². The molecule has 3 heteroatoms. The summed E-state index contributed by atoms with van der Waals surface area (Å²) in [5.41, 5.74) is 7.86. The van der Waals surface area contributed by atoms with Crippen molar-refractivity contribution >= 4 is 22.3 Å². The Morgan fingerprint density at radius 1 is 1.05 bits per heavy atom. The normalized spacial score (nSPS) is 12.2. The van der Waals surface area contributed by atoms with Crippen molar-refractivity contribution in [1.29, 1.82) is 0 Å². The highest BCUT2D eigenvalue weighted by molar-refractivity contribution is 5.93. The number of rotatable bonds is 3. The van der Waals surface area contributed by atoms with E-state index in [0.717, 1.165) is 22.3 Å². The molecule has 0 bridgehead atoms. The van der Waals surface area contributed by atoms with Crippen molar-refractivity contribution in [2.45, 2.75) is 13.0 Å². The fourth-order valence-electron chi connectivity index (χ4n) is 2.33. The maximum absolute atomic E-state index is 5.88. The minimum atomic E-state index is 0.190. The van der Waals surface area contributed by atoms with Gasteiger partial charge in [-0.3, -0.25) is 0 Å². The highest BCUT2D eigenvalue weighted by Gasteiger charge is 2.08. The first-order valence-electron chi connectivity index (χ1n) is 6.70. The Kier molecular flexibility index (Phi) is 3.25. The molecule has 0 amide bonds. The molecule has 0 radical (unpaired) electrons. The molecular weight excluding hydrogens is 246 g/mol. The van der Waals surface area contributed by atoms with Crippen LogP contribution in [0.4, 0.5) is 11.5 Å². The van der Waals surface area contributed by atoms with Crippen LogP contribution in [0.15, 0.2) is 60.8 Å². The van der Waals surface area contributed by atoms with Gasteiger partial charge < -0.3 is 11.1 Å². The second-order valence-electron chi connectivity index (χ2n) is 4.92. The van der Waals surface area contributed by atoms with Gasteiger partial charge in [0.1, 0.15) is 5.82 Å². The van der Waals surface area contributed by atoms with Gasteiger partial charge in [0.05, 0.1) is 0 Å². The summed E-state index contributed by atoms with van der Waals surface area (Å²) in [6.07, 6.45) is 1.82. The number of pyridine rings is 1. The van der Waals surface area contributed by atoms with E-state index in [1.54, 1.807) is 0 Å². The Bertz CT molecular complexity index is 723. The highest BCUT2D eigenvalue weighted by Crippen LogP contribution is 2.26. The van der Waals surface area contributed by atoms with Crippen LogP contribution >= 0.6 is 0 Å². The summed E-state index contributed by atoms with van der Waals surface area (Å²) in [5, 5.41) is 5.65. The lowest BCUT2D eigenvalue weighted by Gasteiger charge is -2.16. The minimum Gasteiger partial charge on any atom is -0.399 e. The van der Waals surface area contributed by atoms with Crippen LogP contribution in [0.2, 0.25) is 0 Å². The zero-order valence-electron chi connectivity index (χ0n) is 11.4. The summed E-state index contributed by atoms with van der Waals surface area (Å²) in [5.74, 6) is 0.867. The molecular formula is C17H17N3. The average Bonchev–Trinajstić information content (AvgIpc) is 2.49. The summed E-state index contributed by atoms with van der Waals surface area (Å²) in [4.78, 5) is 4.45. The van der Waals surface area contributed by atoms with Gasteiger partial charge in [-0.1, -0.05) is 36.4 Å². The molecule has 0 saturated heterocycles. The summed E-state index contributed by atoms with van der Waals surface area (Å²) in [6.45, 7) is 2.13. The molecule has 1 atom stereocenters. The van der Waals surface area contributed by atoms with Gasteiger partial charge in [-0.25, -0.2) is 4.98 Å². The topological polar surface area (TPSA) is 50.9 Å². The summed E-state index contributed by atoms with van der Waals surface area (Å²) < 4.78 is 0. The smallest absolute Gasteiger partial charge is 0.134 e. The van der Waals surface area contributed by atoms with Gasteiger partial charge in [0.2, 0.25) is 0 Å². The largest absolute Gasteiger partial charge is 0.399 e. The minimum absolute atomic E-state index is 0.190. The third-order valence-electron chi connectivity index (χ3n) is 3.44. The first kappa shape index (κ1) is 12.5. The molecule has 100 valence electrons. The molecule has 0 aliphatic rings. The first-order chi connectivity index (χ1) is 9.74. The number of hydrogen-bond acceptors (Lipinski definition) is 3. The molecule has 3 N–H and O–H groups in total. The van der Waals surface area contributed by atoms with E-state index in [0.29, 0.717) is 0 Å². The predicted octanol–water partition coefficient (Wildman–Crippen LogP) is 3.99. The van der Waals surface area contributed by atoms with Gasteiger partial charge in [-0.05, 0) is 36.1 Å². The second kappa shape index (κ2) is 5.21. The third-order valence-corrected chi connectivity index (χ3v) is 3.44. The van der Waals surface area contributed by atoms with Crippen molar-refractivity contribution in [3.63, 3.8) is 0 Å². The standard InChI is InChI=1S/C17H17N3/c1-12(13-5-3-2-4-6-13)20-17-16-11-15(18)8-7-14(16)9-10-19-17/h2-12H,18H2,1H3,(H,19,20). The van der Waals surface area contributed by atoms with E-state index >= 15 is 0 Å². The SMILES string of the molecule is CC(Nc1nccc2ccc(N)cc12)c1ccccc1. The monoisotopic (exact) mass is 263 g/mol. The van der Waals surface area contributed by atoms with Crippen LogP contribution in [-0.2, 0) is 0 Å². The zero-order valence-corrected chi connectivity index (χ0v) is 11.4. The Morgan fingerprint density at radius 2 is 1.85 bits per heavy atom. The van der Waals surface area contributed by atoms with E-state index < -0.39 is 0 Å². The van der Waals surface area contributed by atoms with Crippen molar-refractivity contribution in [3.05, 3.63) is 66.4 Å². The van der Waals surface area contributed by atoms with Gasteiger partial charge in [0.25, 0.3) is 0 Å². The summed E-state index contributed by atoms with van der Waals surface area (Å²) >= 11 is 0. The van der Waals surface area contributed by atoms with E-state index in [4.69, 9.17) is 5.73 Å². The van der Waals surface area contributed by atoms with Crippen molar-refractivity contribution in [2.24, 2.45) is 0 Å². The lowest BCUT2D eigenvalue weighted by atomic mass is 10.1. The molecule has 3 aromatic rings. The molecule has 0 fully saturated rings. The summed E-state index contributed by atoms with van der Waals surface area (Å²) in [6, 6.07) is 18.4. The van der Waals surface area contributed by atoms with Gasteiger partial charge in [-0.2, -0.15) is 0 Å². The molecule has 2 aromatic carbocycles. The molecule has 1 heterocycles. The van der Waals surface area contributed by atoms with E-state index in [1.807, 2.05) is 48.7 Å².